The first kappa shape index (κ1) is 12.7. The monoisotopic (exact) mass is 251 g/mol. The summed E-state index contributed by atoms with van der Waals surface area (Å²) >= 11 is 0. The van der Waals surface area contributed by atoms with Crippen LogP contribution in [0.2, 0.25) is 0 Å². The fraction of sp³-hybridized carbons (Fsp3) is 0.462. The Morgan fingerprint density at radius 2 is 2.28 bits per heavy atom. The molecule has 98 valence electrons. The molecular weight excluding hydrogens is 234 g/mol. The summed E-state index contributed by atoms with van der Waals surface area (Å²) in [7, 11) is 1.42. The molecule has 2 rings (SSSR count). The lowest BCUT2D eigenvalue weighted by atomic mass is 9.90. The largest absolute Gasteiger partial charge is 0.504 e. The summed E-state index contributed by atoms with van der Waals surface area (Å²) in [5, 5.41) is 22.1. The Balaban J connectivity index is 2.41. The molecule has 1 aliphatic heterocycles. The molecule has 0 aliphatic carbocycles. The van der Waals surface area contributed by atoms with E-state index in [9.17, 15) is 9.90 Å². The molecule has 1 aromatic rings. The lowest BCUT2D eigenvalue weighted by molar-refractivity contribution is 0.0693. The maximum absolute atomic E-state index is 11.1. The van der Waals surface area contributed by atoms with Crippen LogP contribution in [0.25, 0.3) is 0 Å². The average molecular weight is 251 g/mol. The number of carboxylic acid groups (broad SMARTS) is 1. The van der Waals surface area contributed by atoms with E-state index in [1.54, 1.807) is 6.07 Å². The highest BCUT2D eigenvalue weighted by Gasteiger charge is 2.21. The number of methoxy groups -OCH3 is 1. The highest BCUT2D eigenvalue weighted by atomic mass is 16.5. The minimum Gasteiger partial charge on any atom is -0.504 e. The van der Waals surface area contributed by atoms with Gasteiger partial charge in [-0.3, -0.25) is 0 Å². The number of benzene rings is 1. The van der Waals surface area contributed by atoms with Crippen LogP contribution < -0.4 is 10.1 Å². The van der Waals surface area contributed by atoms with E-state index < -0.39 is 5.97 Å². The molecule has 3 N–H and O–H groups in total. The molecule has 1 atom stereocenters. The number of nitrogens with one attached hydrogen (secondary N) is 1. The molecule has 1 heterocycles. The van der Waals surface area contributed by atoms with Crippen LogP contribution in [-0.4, -0.2) is 36.4 Å². The van der Waals surface area contributed by atoms with Crippen LogP contribution in [0.5, 0.6) is 11.5 Å². The van der Waals surface area contributed by atoms with E-state index in [4.69, 9.17) is 9.84 Å². The van der Waals surface area contributed by atoms with E-state index in [-0.39, 0.29) is 23.0 Å². The first-order valence-corrected chi connectivity index (χ1v) is 5.98. The number of piperidine rings is 1. The van der Waals surface area contributed by atoms with Crippen molar-refractivity contribution < 1.29 is 19.7 Å². The minimum absolute atomic E-state index is 0.102. The second kappa shape index (κ2) is 5.27. The lowest BCUT2D eigenvalue weighted by Crippen LogP contribution is -2.28. The zero-order valence-corrected chi connectivity index (χ0v) is 10.3. The van der Waals surface area contributed by atoms with Crippen LogP contribution in [0, 0.1) is 0 Å². The molecule has 0 saturated carbocycles. The Kier molecular flexibility index (Phi) is 3.72. The topological polar surface area (TPSA) is 78.8 Å². The van der Waals surface area contributed by atoms with Crippen molar-refractivity contribution in [3.63, 3.8) is 0 Å². The van der Waals surface area contributed by atoms with Crippen LogP contribution >= 0.6 is 0 Å². The summed E-state index contributed by atoms with van der Waals surface area (Å²) < 4.78 is 5.03. The van der Waals surface area contributed by atoms with E-state index >= 15 is 0 Å². The van der Waals surface area contributed by atoms with Gasteiger partial charge in [0, 0.05) is 6.54 Å². The first-order chi connectivity index (χ1) is 8.63. The molecule has 1 saturated heterocycles. The number of carboxylic acids is 1. The van der Waals surface area contributed by atoms with Gasteiger partial charge in [-0.15, -0.1) is 0 Å². The van der Waals surface area contributed by atoms with Gasteiger partial charge in [0.1, 0.15) is 5.56 Å². The fourth-order valence-corrected chi connectivity index (χ4v) is 2.32. The number of ether oxygens (including phenoxy) is 1. The maximum atomic E-state index is 11.1. The van der Waals surface area contributed by atoms with Gasteiger partial charge in [-0.05, 0) is 43.0 Å². The van der Waals surface area contributed by atoms with Gasteiger partial charge in [0.15, 0.2) is 11.5 Å². The highest BCUT2D eigenvalue weighted by molar-refractivity contribution is 5.92. The summed E-state index contributed by atoms with van der Waals surface area (Å²) in [5.74, 6) is -0.962. The third kappa shape index (κ3) is 2.41. The van der Waals surface area contributed by atoms with Crippen molar-refractivity contribution in [2.45, 2.75) is 18.8 Å². The number of rotatable bonds is 3. The van der Waals surface area contributed by atoms with Crippen molar-refractivity contribution in [3.05, 3.63) is 23.3 Å². The van der Waals surface area contributed by atoms with Gasteiger partial charge in [0.05, 0.1) is 7.11 Å². The number of hydrogen-bond donors (Lipinski definition) is 3. The molecule has 18 heavy (non-hydrogen) atoms. The third-order valence-electron chi connectivity index (χ3n) is 3.32. The molecular formula is C13H17NO4. The predicted molar refractivity (Wildman–Crippen MR) is 66.5 cm³/mol. The minimum atomic E-state index is -1.14. The van der Waals surface area contributed by atoms with Crippen LogP contribution in [0.3, 0.4) is 0 Å². The number of aromatic carboxylic acids is 1. The SMILES string of the molecule is COc1cc(C2CCCNC2)cc(C(=O)O)c1O. The molecule has 1 fully saturated rings. The number of phenols is 1. The Labute approximate surface area is 105 Å². The summed E-state index contributed by atoms with van der Waals surface area (Å²) in [5.41, 5.74) is 0.796. The number of aromatic hydroxyl groups is 1. The second-order valence-electron chi connectivity index (χ2n) is 4.47. The van der Waals surface area contributed by atoms with Crippen LogP contribution in [0.15, 0.2) is 12.1 Å². The summed E-state index contributed by atoms with van der Waals surface area (Å²) in [6.07, 6.45) is 2.08. The number of hydrogen-bond acceptors (Lipinski definition) is 4. The van der Waals surface area contributed by atoms with E-state index in [2.05, 4.69) is 5.32 Å². The lowest BCUT2D eigenvalue weighted by Gasteiger charge is -2.24. The second-order valence-corrected chi connectivity index (χ2v) is 4.47. The van der Waals surface area contributed by atoms with Gasteiger partial charge >= 0.3 is 5.97 Å². The fourth-order valence-electron chi connectivity index (χ4n) is 2.32. The van der Waals surface area contributed by atoms with Crippen molar-refractivity contribution in [3.8, 4) is 11.5 Å². The normalized spacial score (nSPS) is 19.5. The Morgan fingerprint density at radius 3 is 2.83 bits per heavy atom. The molecule has 5 heteroatoms. The van der Waals surface area contributed by atoms with Gasteiger partial charge in [-0.1, -0.05) is 0 Å². The van der Waals surface area contributed by atoms with E-state index in [1.165, 1.54) is 13.2 Å². The van der Waals surface area contributed by atoms with Crippen LogP contribution in [0.4, 0.5) is 0 Å². The van der Waals surface area contributed by atoms with Crippen molar-refractivity contribution in [2.24, 2.45) is 0 Å². The molecule has 0 radical (unpaired) electrons. The van der Waals surface area contributed by atoms with Crippen LogP contribution in [-0.2, 0) is 0 Å². The van der Waals surface area contributed by atoms with Crippen molar-refractivity contribution in [2.75, 3.05) is 20.2 Å². The average Bonchev–Trinajstić information content (AvgIpc) is 2.39. The van der Waals surface area contributed by atoms with Crippen molar-refractivity contribution in [1.29, 1.82) is 0 Å². The zero-order valence-electron chi connectivity index (χ0n) is 10.3. The molecule has 1 unspecified atom stereocenters. The van der Waals surface area contributed by atoms with Gasteiger partial charge in [-0.2, -0.15) is 0 Å². The molecule has 0 bridgehead atoms. The smallest absolute Gasteiger partial charge is 0.339 e. The summed E-state index contributed by atoms with van der Waals surface area (Å²) in [6, 6.07) is 3.26. The zero-order chi connectivity index (χ0) is 13.1. The predicted octanol–water partition coefficient (Wildman–Crippen LogP) is 1.57. The maximum Gasteiger partial charge on any atom is 0.339 e. The third-order valence-corrected chi connectivity index (χ3v) is 3.32. The van der Waals surface area contributed by atoms with Gasteiger partial charge in [0.2, 0.25) is 0 Å². The molecule has 5 nitrogen and oxygen atoms in total. The first-order valence-electron chi connectivity index (χ1n) is 5.98. The Morgan fingerprint density at radius 1 is 1.50 bits per heavy atom. The molecule has 0 amide bonds. The van der Waals surface area contributed by atoms with Gasteiger partial charge in [0.25, 0.3) is 0 Å². The standard InChI is InChI=1S/C13H17NO4/c1-18-11-6-9(8-3-2-4-14-7-8)5-10(12(11)15)13(16)17/h5-6,8,14-15H,2-4,7H2,1H3,(H,16,17). The van der Waals surface area contributed by atoms with Crippen molar-refractivity contribution in [1.82, 2.24) is 5.32 Å². The Hall–Kier alpha value is -1.75. The van der Waals surface area contributed by atoms with E-state index in [0.717, 1.165) is 31.5 Å². The molecule has 1 aromatic carbocycles. The summed E-state index contributed by atoms with van der Waals surface area (Å²) in [6.45, 7) is 1.82. The molecule has 1 aliphatic rings. The van der Waals surface area contributed by atoms with E-state index in [0.29, 0.717) is 0 Å². The van der Waals surface area contributed by atoms with E-state index in [1.807, 2.05) is 0 Å². The van der Waals surface area contributed by atoms with Gasteiger partial charge in [-0.25, -0.2) is 4.79 Å². The quantitative estimate of drug-likeness (QED) is 0.760. The van der Waals surface area contributed by atoms with Gasteiger partial charge < -0.3 is 20.3 Å². The highest BCUT2D eigenvalue weighted by Crippen LogP contribution is 2.35. The van der Waals surface area contributed by atoms with Crippen molar-refractivity contribution >= 4 is 5.97 Å². The Bertz CT molecular complexity index is 453. The summed E-state index contributed by atoms with van der Waals surface area (Å²) in [4.78, 5) is 11.1. The van der Waals surface area contributed by atoms with Crippen LogP contribution in [0.1, 0.15) is 34.7 Å². The number of carbonyl (C=O) groups is 1. The molecule has 0 spiro atoms. The molecule has 0 aromatic heterocycles.